The maximum atomic E-state index is 15.4. The largest absolute Gasteiger partial charge is 0.508 e. The first-order chi connectivity index (χ1) is 49.1. The van der Waals surface area contributed by atoms with Gasteiger partial charge in [-0.1, -0.05) is 143 Å². The molecule has 0 aliphatic carbocycles. The van der Waals surface area contributed by atoms with Crippen molar-refractivity contribution >= 4 is 131 Å². The predicted octanol–water partition coefficient (Wildman–Crippen LogP) is -0.0626. The standard InChI is InChI=1S/C68H90N14O16S4/c1-3-5-17-44-57(86)74-47(29-39-22-24-41(84)25-23-39)59(88)80-53(68(97)98)37-102-101-35-51-64(93)77-49(33-83)61(90)73-45(18-6-4-2)66(95)82-27-13-21-55(82)67(96)81-26-12-20-54(81)65(94)79-52(36-100-99-34-50(62(91)78-51)71-56(85)31-69)63(92)75-46(28-38-14-8-7-9-15-38)58(87)76-48(60(89)72-44)30-40-32-70-43-19-11-10-16-42(40)43/h7-11,14-16,19,22-25,32,44-55,70,83-84H,3-6,12-13,17-18,20-21,26-31,33-37,69H2,1-2H3,(H,71,85)(H,72,89)(H,73,90)(H,74,86)(H,75,92)(H,76,87)(H,77,93)(H,78,91)(H,79,94)(H,80,88)(H,97,98)/t44-,45-,46-,47-,48-,49-,50-,51-,52-,53-,54-,55-/m0/s1. The third-order valence-corrected chi connectivity index (χ3v) is 22.7. The fraction of sp³-hybridized carbons (Fsp3) is 0.515. The van der Waals surface area contributed by atoms with Gasteiger partial charge in [0.05, 0.1) is 13.2 Å². The quantitative estimate of drug-likeness (QED) is 0.0653. The second-order valence-corrected chi connectivity index (χ2v) is 30.4. The topological polar surface area (TPSA) is 451 Å². The third-order valence-electron chi connectivity index (χ3n) is 17.9. The normalized spacial score (nSPS) is 26.4. The van der Waals surface area contributed by atoms with Gasteiger partial charge in [-0.2, -0.15) is 0 Å². The number of carboxylic acids is 1. The van der Waals surface area contributed by atoms with Crippen molar-refractivity contribution < 1.29 is 77.6 Å². The highest BCUT2D eigenvalue weighted by Gasteiger charge is 2.45. The van der Waals surface area contributed by atoms with E-state index in [0.29, 0.717) is 66.1 Å². The van der Waals surface area contributed by atoms with E-state index < -0.39 is 174 Å². The van der Waals surface area contributed by atoms with Gasteiger partial charge in [0.25, 0.3) is 0 Å². The summed E-state index contributed by atoms with van der Waals surface area (Å²) in [6.07, 6.45) is 4.08. The molecule has 552 valence electrons. The van der Waals surface area contributed by atoms with Gasteiger partial charge < -0.3 is 89.0 Å². The number of benzene rings is 3. The SMILES string of the molecule is CCCC[C@@H]1NC(=O)[C@H](Cc2c[nH]c3ccccc23)NC(=O)[C@H](Cc2ccccc2)NC(=O)[C@@H]2CSSC[C@H](NC(=O)CN)C(=O)N[C@@H](CSSC[C@@H](C(=O)O)NC(=O)[C@H](Cc3ccc(O)cc3)NC1=O)C(=O)N[C@@H](CO)C(=O)N[C@@H](CCCC)C(=O)N1CCC[C@H]1C(=O)N1CCC[C@H]1C(=O)N2. The molecule has 4 aromatic rings. The number of aliphatic hydroxyl groups excluding tert-OH is 1. The van der Waals surface area contributed by atoms with E-state index >= 15 is 14.4 Å². The number of H-pyrrole nitrogens is 1. The Morgan fingerprint density at radius 1 is 0.520 bits per heavy atom. The number of carboxylic acid groups (broad SMARTS) is 1. The average Bonchev–Trinajstić information content (AvgIpc) is 1.63. The number of fused-ring (bicyclic) bond motifs is 11. The van der Waals surface area contributed by atoms with E-state index in [1.165, 1.54) is 34.1 Å². The van der Waals surface area contributed by atoms with E-state index in [2.05, 4.69) is 58.2 Å². The molecule has 2 bridgehead atoms. The van der Waals surface area contributed by atoms with Gasteiger partial charge in [0.2, 0.25) is 70.9 Å². The number of carbonyl (C=O) groups is 13. The van der Waals surface area contributed by atoms with Gasteiger partial charge in [-0.25, -0.2) is 4.79 Å². The Balaban J connectivity index is 1.24. The van der Waals surface area contributed by atoms with Crippen LogP contribution in [0.15, 0.2) is 85.1 Å². The first-order valence-corrected chi connectivity index (χ1v) is 39.1. The van der Waals surface area contributed by atoms with Crippen molar-refractivity contribution in [2.45, 2.75) is 170 Å². The van der Waals surface area contributed by atoms with Gasteiger partial charge in [0.1, 0.15) is 78.3 Å². The molecular weight excluding hydrogens is 1400 g/mol. The monoisotopic (exact) mass is 1490 g/mol. The van der Waals surface area contributed by atoms with Gasteiger partial charge >= 0.3 is 5.97 Å². The minimum atomic E-state index is -1.75. The number of hydrogen-bond acceptors (Lipinski definition) is 20. The highest BCUT2D eigenvalue weighted by Crippen LogP contribution is 2.30. The number of aromatic amines is 1. The maximum Gasteiger partial charge on any atom is 0.327 e. The maximum absolute atomic E-state index is 15.4. The summed E-state index contributed by atoms with van der Waals surface area (Å²) >= 11 is 0. The summed E-state index contributed by atoms with van der Waals surface area (Å²) in [6.45, 7) is 2.29. The Morgan fingerprint density at radius 3 is 1.63 bits per heavy atom. The van der Waals surface area contributed by atoms with Gasteiger partial charge in [-0.3, -0.25) is 57.5 Å². The highest BCUT2D eigenvalue weighted by atomic mass is 33.1. The Bertz CT molecular complexity index is 3630. The van der Waals surface area contributed by atoms with Crippen molar-refractivity contribution in [1.82, 2.24) is 68.0 Å². The summed E-state index contributed by atoms with van der Waals surface area (Å²) in [5, 5.41) is 59.0. The second-order valence-electron chi connectivity index (χ2n) is 25.3. The molecule has 4 fully saturated rings. The molecular formula is C68H90N14O16S4. The van der Waals surface area contributed by atoms with Crippen LogP contribution in [0.2, 0.25) is 0 Å². The first-order valence-electron chi connectivity index (χ1n) is 34.1. The van der Waals surface area contributed by atoms with Gasteiger partial charge in [0.15, 0.2) is 0 Å². The number of phenolic OH excluding ortho intramolecular Hbond substituents is 1. The molecule has 8 rings (SSSR count). The average molecular weight is 1490 g/mol. The zero-order chi connectivity index (χ0) is 73.4. The number of aliphatic carboxylic acids is 1. The summed E-state index contributed by atoms with van der Waals surface area (Å²) < 4.78 is 0. The lowest BCUT2D eigenvalue weighted by Gasteiger charge is -2.33. The molecule has 4 aliphatic rings. The Morgan fingerprint density at radius 2 is 1.01 bits per heavy atom. The highest BCUT2D eigenvalue weighted by molar-refractivity contribution is 8.77. The minimum absolute atomic E-state index is 0.0123. The Hall–Kier alpha value is -8.57. The van der Waals surface area contributed by atoms with Crippen LogP contribution in [0.1, 0.15) is 94.7 Å². The molecule has 4 aliphatic heterocycles. The number of aromatic hydroxyl groups is 1. The zero-order valence-corrected chi connectivity index (χ0v) is 59.9. The molecule has 1 aromatic heterocycles. The molecule has 34 heteroatoms. The number of nitrogens with two attached hydrogens (primary N) is 1. The van der Waals surface area contributed by atoms with Gasteiger partial charge in [-0.15, -0.1) is 0 Å². The number of aromatic nitrogens is 1. The van der Waals surface area contributed by atoms with Gasteiger partial charge in [0, 0.05) is 72.5 Å². The van der Waals surface area contributed by atoms with Crippen LogP contribution < -0.4 is 58.9 Å². The molecule has 0 radical (unpaired) electrons. The summed E-state index contributed by atoms with van der Waals surface area (Å²) in [5.74, 6) is -13.3. The number of para-hydroxylation sites is 1. The molecule has 4 saturated heterocycles. The summed E-state index contributed by atoms with van der Waals surface area (Å²) in [7, 11) is 3.58. The van der Waals surface area contributed by atoms with Crippen LogP contribution in [-0.4, -0.2) is 229 Å². The number of phenols is 1. The van der Waals surface area contributed by atoms with Crippen LogP contribution in [0.3, 0.4) is 0 Å². The smallest absolute Gasteiger partial charge is 0.327 e. The summed E-state index contributed by atoms with van der Waals surface area (Å²) in [4.78, 5) is 196. The van der Waals surface area contributed by atoms with Crippen LogP contribution in [0.4, 0.5) is 0 Å². The molecule has 16 N–H and O–H groups in total. The number of amides is 12. The van der Waals surface area contributed by atoms with E-state index in [1.54, 1.807) is 48.7 Å². The molecule has 0 saturated carbocycles. The number of nitrogens with zero attached hydrogens (tertiary/aromatic N) is 2. The fourth-order valence-corrected chi connectivity index (χ4v) is 16.9. The first kappa shape index (κ1) is 79.1. The number of aliphatic hydroxyl groups is 1. The summed E-state index contributed by atoms with van der Waals surface area (Å²) in [5.41, 5.74) is 7.98. The number of carbonyl (C=O) groups excluding carboxylic acids is 12. The van der Waals surface area contributed by atoms with Crippen LogP contribution in [0.25, 0.3) is 10.9 Å². The molecule has 102 heavy (non-hydrogen) atoms. The molecule has 0 spiro atoms. The fourth-order valence-electron chi connectivity index (χ4n) is 12.3. The molecule has 12 amide bonds. The van der Waals surface area contributed by atoms with Crippen molar-refractivity contribution in [3.05, 3.63) is 102 Å². The van der Waals surface area contributed by atoms with Crippen molar-refractivity contribution in [2.75, 3.05) is 49.3 Å². The molecule has 0 unspecified atom stereocenters. The predicted molar refractivity (Wildman–Crippen MR) is 385 cm³/mol. The van der Waals surface area contributed by atoms with E-state index in [1.807, 2.05) is 26.0 Å². The van der Waals surface area contributed by atoms with E-state index in [9.17, 15) is 63.3 Å². The van der Waals surface area contributed by atoms with E-state index in [0.717, 1.165) is 43.2 Å². The summed E-state index contributed by atoms with van der Waals surface area (Å²) in [6, 6.07) is 3.89. The lowest BCUT2D eigenvalue weighted by Crippen LogP contribution is -2.61. The lowest BCUT2D eigenvalue weighted by atomic mass is 10.0. The molecule has 30 nitrogen and oxygen atoms in total. The third kappa shape index (κ3) is 22.2. The van der Waals surface area contributed by atoms with Gasteiger partial charge in [-0.05, 0) is 73.4 Å². The van der Waals surface area contributed by atoms with Crippen molar-refractivity contribution in [2.24, 2.45) is 5.73 Å². The molecule has 3 aromatic carbocycles. The van der Waals surface area contributed by atoms with Crippen molar-refractivity contribution in [1.29, 1.82) is 0 Å². The van der Waals surface area contributed by atoms with Crippen LogP contribution in [-0.2, 0) is 81.6 Å². The number of rotatable bonds is 16. The zero-order valence-electron chi connectivity index (χ0n) is 56.6. The number of nitrogens with one attached hydrogen (secondary N) is 11. The van der Waals surface area contributed by atoms with Crippen LogP contribution in [0.5, 0.6) is 5.75 Å². The Kier molecular flexibility index (Phi) is 30.4. The van der Waals surface area contributed by atoms with Crippen LogP contribution >= 0.6 is 43.2 Å². The number of unbranched alkanes of at least 4 members (excludes halogenated alkanes) is 2. The van der Waals surface area contributed by atoms with E-state index in [-0.39, 0.29) is 75.3 Å². The molecule has 5 heterocycles. The lowest BCUT2D eigenvalue weighted by molar-refractivity contribution is -0.148. The minimum Gasteiger partial charge on any atom is -0.508 e. The second kappa shape index (κ2) is 39.2. The molecule has 12 atom stereocenters. The number of hydrogen-bond donors (Lipinski definition) is 15. The van der Waals surface area contributed by atoms with E-state index in [4.69, 9.17) is 5.73 Å². The van der Waals surface area contributed by atoms with Crippen LogP contribution in [0, 0.1) is 0 Å². The van der Waals surface area contributed by atoms with Crippen molar-refractivity contribution in [3.8, 4) is 5.75 Å². The Labute approximate surface area is 605 Å². The van der Waals surface area contributed by atoms with Crippen molar-refractivity contribution in [3.63, 3.8) is 0 Å².